The summed E-state index contributed by atoms with van der Waals surface area (Å²) in [4.78, 5) is 4.96. The summed E-state index contributed by atoms with van der Waals surface area (Å²) in [6.07, 6.45) is 2.68. The molecule has 1 fully saturated rings. The molecule has 0 aromatic heterocycles. The van der Waals surface area contributed by atoms with Crippen molar-refractivity contribution in [2.45, 2.75) is 25.8 Å². The van der Waals surface area contributed by atoms with E-state index in [1.165, 1.54) is 32.5 Å². The number of nitrogens with one attached hydrogen (secondary N) is 2. The van der Waals surface area contributed by atoms with Crippen LogP contribution in [0.1, 0.15) is 19.8 Å². The summed E-state index contributed by atoms with van der Waals surface area (Å²) >= 11 is 0. The number of hydrogen-bond acceptors (Lipinski definition) is 4. The van der Waals surface area contributed by atoms with Crippen LogP contribution in [-0.2, 0) is 0 Å². The second-order valence-electron chi connectivity index (χ2n) is 5.75. The molecule has 1 unspecified atom stereocenters. The maximum atomic E-state index is 3.45. The van der Waals surface area contributed by atoms with Gasteiger partial charge in [-0.05, 0) is 59.5 Å². The lowest BCUT2D eigenvalue weighted by Gasteiger charge is -2.36. The van der Waals surface area contributed by atoms with Crippen LogP contribution in [0.2, 0.25) is 0 Å². The Morgan fingerprint density at radius 3 is 2.44 bits per heavy atom. The van der Waals surface area contributed by atoms with Crippen LogP contribution in [0, 0.1) is 5.92 Å². The van der Waals surface area contributed by atoms with Gasteiger partial charge < -0.3 is 15.5 Å². The van der Waals surface area contributed by atoms with E-state index in [-0.39, 0.29) is 0 Å². The molecule has 4 heteroatoms. The third kappa shape index (κ3) is 5.65. The van der Waals surface area contributed by atoms with Gasteiger partial charge in [-0.25, -0.2) is 0 Å². The highest BCUT2D eigenvalue weighted by atomic mass is 15.2. The first-order valence-corrected chi connectivity index (χ1v) is 7.41. The summed E-state index contributed by atoms with van der Waals surface area (Å²) < 4.78 is 0. The fraction of sp³-hybridized carbons (Fsp3) is 1.00. The SMILES string of the molecule is CCN(CC1CCNCC1)C(CNC)CN(C)C. The summed E-state index contributed by atoms with van der Waals surface area (Å²) in [5.41, 5.74) is 0. The molecule has 0 bridgehead atoms. The van der Waals surface area contributed by atoms with E-state index in [0.717, 1.165) is 25.6 Å². The Balaban J connectivity index is 2.48. The van der Waals surface area contributed by atoms with Crippen LogP contribution in [0.25, 0.3) is 0 Å². The van der Waals surface area contributed by atoms with Gasteiger partial charge in [-0.2, -0.15) is 0 Å². The molecule has 2 N–H and O–H groups in total. The quantitative estimate of drug-likeness (QED) is 0.660. The van der Waals surface area contributed by atoms with Crippen LogP contribution in [0.15, 0.2) is 0 Å². The lowest BCUT2D eigenvalue weighted by molar-refractivity contribution is 0.134. The molecule has 1 atom stereocenters. The average molecular weight is 256 g/mol. The summed E-state index contributed by atoms with van der Waals surface area (Å²) in [5.74, 6) is 0.882. The van der Waals surface area contributed by atoms with E-state index in [1.54, 1.807) is 0 Å². The summed E-state index contributed by atoms with van der Waals surface area (Å²) in [6.45, 7) is 9.33. The summed E-state index contributed by atoms with van der Waals surface area (Å²) in [6, 6.07) is 0.630. The van der Waals surface area contributed by atoms with Crippen molar-refractivity contribution in [2.75, 3.05) is 60.4 Å². The highest BCUT2D eigenvalue weighted by Crippen LogP contribution is 2.15. The Morgan fingerprint density at radius 2 is 1.94 bits per heavy atom. The third-order valence-electron chi connectivity index (χ3n) is 3.89. The van der Waals surface area contributed by atoms with Gasteiger partial charge in [0, 0.05) is 25.7 Å². The minimum Gasteiger partial charge on any atom is -0.318 e. The van der Waals surface area contributed by atoms with Crippen LogP contribution in [0.3, 0.4) is 0 Å². The Kier molecular flexibility index (Phi) is 7.82. The second-order valence-corrected chi connectivity index (χ2v) is 5.75. The van der Waals surface area contributed by atoms with Crippen LogP contribution in [-0.4, -0.2) is 76.3 Å². The van der Waals surface area contributed by atoms with Crippen molar-refractivity contribution in [3.05, 3.63) is 0 Å². The van der Waals surface area contributed by atoms with E-state index in [1.807, 2.05) is 0 Å². The number of nitrogens with zero attached hydrogens (tertiary/aromatic N) is 2. The van der Waals surface area contributed by atoms with E-state index < -0.39 is 0 Å². The molecule has 0 radical (unpaired) electrons. The maximum absolute atomic E-state index is 3.45. The molecule has 0 amide bonds. The van der Waals surface area contributed by atoms with Crippen LogP contribution >= 0.6 is 0 Å². The molecule has 1 heterocycles. The summed E-state index contributed by atoms with van der Waals surface area (Å²) in [5, 5.41) is 6.80. The number of likely N-dealkylation sites (N-methyl/N-ethyl adjacent to an activating group) is 3. The zero-order chi connectivity index (χ0) is 13.4. The Hall–Kier alpha value is -0.160. The minimum absolute atomic E-state index is 0.630. The van der Waals surface area contributed by atoms with Gasteiger partial charge in [0.05, 0.1) is 0 Å². The molecule has 0 aliphatic carbocycles. The molecule has 1 saturated heterocycles. The Bertz CT molecular complexity index is 202. The van der Waals surface area contributed by atoms with E-state index in [4.69, 9.17) is 0 Å². The number of piperidine rings is 1. The van der Waals surface area contributed by atoms with E-state index >= 15 is 0 Å². The molecule has 1 aliphatic rings. The van der Waals surface area contributed by atoms with Crippen LogP contribution < -0.4 is 10.6 Å². The molecule has 108 valence electrons. The highest BCUT2D eigenvalue weighted by molar-refractivity contribution is 4.79. The van der Waals surface area contributed by atoms with Crippen molar-refractivity contribution >= 4 is 0 Å². The van der Waals surface area contributed by atoms with Gasteiger partial charge in [0.2, 0.25) is 0 Å². The topological polar surface area (TPSA) is 30.5 Å². The fourth-order valence-corrected chi connectivity index (χ4v) is 2.90. The molecule has 0 aromatic carbocycles. The molecule has 1 aliphatic heterocycles. The molecular formula is C14H32N4. The monoisotopic (exact) mass is 256 g/mol. The first-order chi connectivity index (χ1) is 8.67. The zero-order valence-electron chi connectivity index (χ0n) is 12.7. The lowest BCUT2D eigenvalue weighted by atomic mass is 9.97. The van der Waals surface area contributed by atoms with Gasteiger partial charge >= 0.3 is 0 Å². The van der Waals surface area contributed by atoms with Crippen molar-refractivity contribution < 1.29 is 0 Å². The van der Waals surface area contributed by atoms with Crippen molar-refractivity contribution in [1.29, 1.82) is 0 Å². The van der Waals surface area contributed by atoms with Crippen LogP contribution in [0.4, 0.5) is 0 Å². The van der Waals surface area contributed by atoms with Gasteiger partial charge in [-0.1, -0.05) is 6.92 Å². The first kappa shape index (κ1) is 15.9. The van der Waals surface area contributed by atoms with Crippen molar-refractivity contribution in [3.8, 4) is 0 Å². The minimum atomic E-state index is 0.630. The fourth-order valence-electron chi connectivity index (χ4n) is 2.90. The summed E-state index contributed by atoms with van der Waals surface area (Å²) in [7, 11) is 6.39. The third-order valence-corrected chi connectivity index (χ3v) is 3.89. The molecule has 18 heavy (non-hydrogen) atoms. The highest BCUT2D eigenvalue weighted by Gasteiger charge is 2.22. The van der Waals surface area contributed by atoms with Gasteiger partial charge in [0.15, 0.2) is 0 Å². The van der Waals surface area contributed by atoms with Crippen LogP contribution in [0.5, 0.6) is 0 Å². The van der Waals surface area contributed by atoms with E-state index in [0.29, 0.717) is 6.04 Å². The maximum Gasteiger partial charge on any atom is 0.0347 e. The Morgan fingerprint density at radius 1 is 1.28 bits per heavy atom. The van der Waals surface area contributed by atoms with E-state index in [2.05, 4.69) is 48.5 Å². The zero-order valence-corrected chi connectivity index (χ0v) is 12.7. The number of hydrogen-bond donors (Lipinski definition) is 2. The van der Waals surface area contributed by atoms with Crippen molar-refractivity contribution in [3.63, 3.8) is 0 Å². The molecule has 4 nitrogen and oxygen atoms in total. The average Bonchev–Trinajstić information content (AvgIpc) is 2.36. The van der Waals surface area contributed by atoms with E-state index in [9.17, 15) is 0 Å². The second kappa shape index (κ2) is 8.86. The van der Waals surface area contributed by atoms with Gasteiger partial charge in [-0.3, -0.25) is 4.90 Å². The normalized spacial score (nSPS) is 19.7. The van der Waals surface area contributed by atoms with Crippen molar-refractivity contribution in [1.82, 2.24) is 20.4 Å². The molecule has 0 aromatic rings. The first-order valence-electron chi connectivity index (χ1n) is 7.41. The molecular weight excluding hydrogens is 224 g/mol. The van der Waals surface area contributed by atoms with Crippen molar-refractivity contribution in [2.24, 2.45) is 5.92 Å². The number of rotatable bonds is 8. The molecule has 0 saturated carbocycles. The Labute approximate surface area is 113 Å². The molecule has 1 rings (SSSR count). The predicted molar refractivity (Wildman–Crippen MR) is 79.1 cm³/mol. The largest absolute Gasteiger partial charge is 0.318 e. The smallest absolute Gasteiger partial charge is 0.0347 e. The van der Waals surface area contributed by atoms with Gasteiger partial charge in [0.1, 0.15) is 0 Å². The standard InChI is InChI=1S/C14H32N4/c1-5-18(11-13-6-8-16-9-7-13)14(10-15-2)12-17(3)4/h13-16H,5-12H2,1-4H3. The van der Waals surface area contributed by atoms with Gasteiger partial charge in [0.25, 0.3) is 0 Å². The molecule has 0 spiro atoms. The van der Waals surface area contributed by atoms with Gasteiger partial charge in [-0.15, -0.1) is 0 Å². The lowest BCUT2D eigenvalue weighted by Crippen LogP contribution is -2.49. The predicted octanol–water partition coefficient (Wildman–Crippen LogP) is 0.458.